The zero-order chi connectivity index (χ0) is 19.9. The van der Waals surface area contributed by atoms with Crippen LogP contribution in [0.4, 0.5) is 5.13 Å². The standard InChI is InChI=1S/C20H20BrN3O3S/c1-3-26-17-8-14(15(21)10-18(17)27-4-2)9-19(25)24-20-23-16(12-28-20)13-6-5-7-22-11-13/h5-8,10-12H,3-4,9H2,1-2H3,(H,23,24,25). The lowest BCUT2D eigenvalue weighted by atomic mass is 10.1. The number of nitrogens with one attached hydrogen (secondary N) is 1. The fraction of sp³-hybridized carbons (Fsp3) is 0.250. The monoisotopic (exact) mass is 461 g/mol. The molecular weight excluding hydrogens is 442 g/mol. The van der Waals surface area contributed by atoms with E-state index in [2.05, 4.69) is 31.2 Å². The van der Waals surface area contributed by atoms with Gasteiger partial charge in [0, 0.05) is 27.8 Å². The number of hydrogen-bond donors (Lipinski definition) is 1. The number of anilines is 1. The number of benzene rings is 1. The van der Waals surface area contributed by atoms with Crippen molar-refractivity contribution in [3.05, 3.63) is 52.1 Å². The average Bonchev–Trinajstić information content (AvgIpc) is 3.15. The molecule has 0 unspecified atom stereocenters. The number of ether oxygens (including phenoxy) is 2. The van der Waals surface area contributed by atoms with E-state index in [0.717, 1.165) is 21.3 Å². The number of pyridine rings is 1. The van der Waals surface area contributed by atoms with Gasteiger partial charge in [0.1, 0.15) is 0 Å². The van der Waals surface area contributed by atoms with Crippen molar-refractivity contribution in [2.75, 3.05) is 18.5 Å². The maximum atomic E-state index is 12.5. The number of nitrogens with zero attached hydrogens (tertiary/aromatic N) is 2. The minimum atomic E-state index is -0.153. The van der Waals surface area contributed by atoms with Crippen molar-refractivity contribution in [3.63, 3.8) is 0 Å². The van der Waals surface area contributed by atoms with Gasteiger partial charge in [-0.15, -0.1) is 11.3 Å². The number of carbonyl (C=O) groups is 1. The second kappa shape index (κ2) is 9.66. The second-order valence-corrected chi connectivity index (χ2v) is 7.47. The van der Waals surface area contributed by atoms with Crippen LogP contribution in [-0.2, 0) is 11.2 Å². The van der Waals surface area contributed by atoms with Crippen molar-refractivity contribution in [1.82, 2.24) is 9.97 Å². The molecule has 0 fully saturated rings. The van der Waals surface area contributed by atoms with Gasteiger partial charge in [-0.05, 0) is 43.7 Å². The molecule has 3 rings (SSSR count). The normalized spacial score (nSPS) is 10.5. The molecule has 0 saturated carbocycles. The first-order valence-electron chi connectivity index (χ1n) is 8.84. The Hall–Kier alpha value is -2.45. The summed E-state index contributed by atoms with van der Waals surface area (Å²) in [7, 11) is 0. The molecule has 1 amide bonds. The molecule has 2 heterocycles. The van der Waals surface area contributed by atoms with E-state index in [9.17, 15) is 4.79 Å². The third-order valence-corrected chi connectivity index (χ3v) is 5.27. The zero-order valence-corrected chi connectivity index (χ0v) is 18.0. The van der Waals surface area contributed by atoms with Crippen molar-refractivity contribution >= 4 is 38.3 Å². The lowest BCUT2D eigenvalue weighted by molar-refractivity contribution is -0.115. The van der Waals surface area contributed by atoms with E-state index in [-0.39, 0.29) is 12.3 Å². The van der Waals surface area contributed by atoms with Crippen LogP contribution in [0.3, 0.4) is 0 Å². The first-order valence-corrected chi connectivity index (χ1v) is 10.5. The van der Waals surface area contributed by atoms with Crippen molar-refractivity contribution in [2.24, 2.45) is 0 Å². The van der Waals surface area contributed by atoms with Gasteiger partial charge in [-0.25, -0.2) is 4.98 Å². The maximum absolute atomic E-state index is 12.5. The predicted molar refractivity (Wildman–Crippen MR) is 114 cm³/mol. The molecule has 0 spiro atoms. The van der Waals surface area contributed by atoms with Gasteiger partial charge in [-0.2, -0.15) is 0 Å². The summed E-state index contributed by atoms with van der Waals surface area (Å²) in [6.45, 7) is 4.88. The molecule has 0 radical (unpaired) electrons. The highest BCUT2D eigenvalue weighted by Crippen LogP contribution is 2.34. The van der Waals surface area contributed by atoms with Gasteiger partial charge in [0.2, 0.25) is 5.91 Å². The maximum Gasteiger partial charge on any atom is 0.230 e. The second-order valence-electron chi connectivity index (χ2n) is 5.76. The van der Waals surface area contributed by atoms with Gasteiger partial charge in [0.05, 0.1) is 25.3 Å². The van der Waals surface area contributed by atoms with Crippen LogP contribution in [0.15, 0.2) is 46.5 Å². The summed E-state index contributed by atoms with van der Waals surface area (Å²) in [6, 6.07) is 7.45. The van der Waals surface area contributed by atoms with E-state index in [1.807, 2.05) is 43.5 Å². The minimum Gasteiger partial charge on any atom is -0.490 e. The molecule has 8 heteroatoms. The molecule has 28 heavy (non-hydrogen) atoms. The molecule has 0 aliphatic rings. The van der Waals surface area contributed by atoms with Gasteiger partial charge >= 0.3 is 0 Å². The van der Waals surface area contributed by atoms with E-state index >= 15 is 0 Å². The quantitative estimate of drug-likeness (QED) is 0.513. The third kappa shape index (κ3) is 5.08. The number of amides is 1. The predicted octanol–water partition coefficient (Wildman–Crippen LogP) is 4.95. The average molecular weight is 462 g/mol. The number of rotatable bonds is 8. The number of thiazole rings is 1. The van der Waals surface area contributed by atoms with E-state index in [1.165, 1.54) is 11.3 Å². The Bertz CT molecular complexity index is 947. The SMILES string of the molecule is CCOc1cc(Br)c(CC(=O)Nc2nc(-c3cccnc3)cs2)cc1OCC. The third-order valence-electron chi connectivity index (χ3n) is 3.77. The number of halogens is 1. The summed E-state index contributed by atoms with van der Waals surface area (Å²) in [6.07, 6.45) is 3.64. The molecule has 2 aromatic heterocycles. The first kappa shape index (κ1) is 20.3. The summed E-state index contributed by atoms with van der Waals surface area (Å²) in [5.41, 5.74) is 2.51. The van der Waals surface area contributed by atoms with E-state index in [1.54, 1.807) is 12.4 Å². The summed E-state index contributed by atoms with van der Waals surface area (Å²) in [5, 5.41) is 5.30. The molecule has 1 aromatic carbocycles. The van der Waals surface area contributed by atoms with Gasteiger partial charge in [0.25, 0.3) is 0 Å². The summed E-state index contributed by atoms with van der Waals surface area (Å²) in [5.74, 6) is 1.13. The van der Waals surface area contributed by atoms with Crippen LogP contribution in [0, 0.1) is 0 Å². The molecule has 146 valence electrons. The molecule has 0 saturated heterocycles. The van der Waals surface area contributed by atoms with Crippen LogP contribution in [-0.4, -0.2) is 29.1 Å². The largest absolute Gasteiger partial charge is 0.490 e. The molecular formula is C20H20BrN3O3S. The Morgan fingerprint density at radius 1 is 1.21 bits per heavy atom. The molecule has 3 aromatic rings. The van der Waals surface area contributed by atoms with Gasteiger partial charge in [-0.1, -0.05) is 15.9 Å². The van der Waals surface area contributed by atoms with Crippen LogP contribution in [0.2, 0.25) is 0 Å². The highest BCUT2D eigenvalue weighted by atomic mass is 79.9. The van der Waals surface area contributed by atoms with Gasteiger partial charge in [-0.3, -0.25) is 9.78 Å². The Morgan fingerprint density at radius 2 is 1.96 bits per heavy atom. The molecule has 0 atom stereocenters. The van der Waals surface area contributed by atoms with Crippen LogP contribution in [0.5, 0.6) is 11.5 Å². The summed E-state index contributed by atoms with van der Waals surface area (Å²) >= 11 is 4.90. The molecule has 0 aliphatic heterocycles. The topological polar surface area (TPSA) is 73.3 Å². The van der Waals surface area contributed by atoms with Crippen LogP contribution in [0.1, 0.15) is 19.4 Å². The summed E-state index contributed by atoms with van der Waals surface area (Å²) < 4.78 is 12.0. The van der Waals surface area contributed by atoms with Crippen molar-refractivity contribution in [2.45, 2.75) is 20.3 Å². The van der Waals surface area contributed by atoms with Crippen LogP contribution >= 0.6 is 27.3 Å². The minimum absolute atomic E-state index is 0.153. The number of carbonyl (C=O) groups excluding carboxylic acids is 1. The molecule has 0 aliphatic carbocycles. The zero-order valence-electron chi connectivity index (χ0n) is 15.6. The number of aromatic nitrogens is 2. The molecule has 0 bridgehead atoms. The van der Waals surface area contributed by atoms with Gasteiger partial charge < -0.3 is 14.8 Å². The van der Waals surface area contributed by atoms with Crippen molar-refractivity contribution in [1.29, 1.82) is 0 Å². The Balaban J connectivity index is 1.71. The van der Waals surface area contributed by atoms with E-state index in [0.29, 0.717) is 29.8 Å². The fourth-order valence-corrected chi connectivity index (χ4v) is 3.76. The van der Waals surface area contributed by atoms with E-state index < -0.39 is 0 Å². The summed E-state index contributed by atoms with van der Waals surface area (Å²) in [4.78, 5) is 21.1. The Labute approximate surface area is 176 Å². The fourth-order valence-electron chi connectivity index (χ4n) is 2.56. The molecule has 1 N–H and O–H groups in total. The lowest BCUT2D eigenvalue weighted by Crippen LogP contribution is -2.14. The highest BCUT2D eigenvalue weighted by molar-refractivity contribution is 9.10. The lowest BCUT2D eigenvalue weighted by Gasteiger charge is -2.14. The smallest absolute Gasteiger partial charge is 0.230 e. The number of hydrogen-bond acceptors (Lipinski definition) is 6. The first-order chi connectivity index (χ1) is 13.6. The van der Waals surface area contributed by atoms with Crippen molar-refractivity contribution < 1.29 is 14.3 Å². The van der Waals surface area contributed by atoms with Crippen LogP contribution < -0.4 is 14.8 Å². The van der Waals surface area contributed by atoms with E-state index in [4.69, 9.17) is 9.47 Å². The molecule has 6 nitrogen and oxygen atoms in total. The van der Waals surface area contributed by atoms with Crippen molar-refractivity contribution in [3.8, 4) is 22.8 Å². The van der Waals surface area contributed by atoms with Crippen LogP contribution in [0.25, 0.3) is 11.3 Å². The Morgan fingerprint density at radius 3 is 2.64 bits per heavy atom. The highest BCUT2D eigenvalue weighted by Gasteiger charge is 2.15. The van der Waals surface area contributed by atoms with Gasteiger partial charge in [0.15, 0.2) is 16.6 Å². The Kier molecular flexibility index (Phi) is 7.00.